The van der Waals surface area contributed by atoms with E-state index in [1.54, 1.807) is 0 Å². The van der Waals surface area contributed by atoms with Crippen LogP contribution in [0.2, 0.25) is 0 Å². The largest absolute Gasteiger partial charge is 0.369 e. The third-order valence-corrected chi connectivity index (χ3v) is 2.84. The van der Waals surface area contributed by atoms with Gasteiger partial charge in [0.2, 0.25) is 5.95 Å². The van der Waals surface area contributed by atoms with E-state index in [1.165, 1.54) is 12.5 Å². The molecule has 2 rings (SSSR count). The third-order valence-electron chi connectivity index (χ3n) is 2.84. The highest BCUT2D eigenvalue weighted by Crippen LogP contribution is 2.21. The van der Waals surface area contributed by atoms with Gasteiger partial charge in [0.05, 0.1) is 0 Å². The van der Waals surface area contributed by atoms with Gasteiger partial charge >= 0.3 is 0 Å². The van der Waals surface area contributed by atoms with Crippen molar-refractivity contribution in [1.82, 2.24) is 9.97 Å². The van der Waals surface area contributed by atoms with Crippen LogP contribution >= 0.6 is 0 Å². The number of aromatic amines is 1. The maximum absolute atomic E-state index is 11.3. The molecule has 0 aromatic carbocycles. The number of anilines is 2. The third kappa shape index (κ3) is 2.11. The highest BCUT2D eigenvalue weighted by atomic mass is 16.1. The van der Waals surface area contributed by atoms with Gasteiger partial charge in [-0.3, -0.25) is 9.78 Å². The van der Waals surface area contributed by atoms with Crippen LogP contribution in [-0.2, 0) is 0 Å². The molecule has 0 bridgehead atoms. The van der Waals surface area contributed by atoms with E-state index in [0.717, 1.165) is 19.4 Å². The van der Waals surface area contributed by atoms with Crippen LogP contribution in [0, 0.1) is 0 Å². The van der Waals surface area contributed by atoms with E-state index in [-0.39, 0.29) is 11.5 Å². The van der Waals surface area contributed by atoms with Gasteiger partial charge in [0.25, 0.3) is 5.56 Å². The fraction of sp³-hybridized carbons (Fsp3) is 0.600. The second-order valence-corrected chi connectivity index (χ2v) is 4.03. The molecule has 1 aromatic rings. The Balaban J connectivity index is 2.31. The Morgan fingerprint density at radius 2 is 2.40 bits per heavy atom. The van der Waals surface area contributed by atoms with Gasteiger partial charge in [0.1, 0.15) is 5.82 Å². The normalized spacial score (nSPS) is 21.7. The lowest BCUT2D eigenvalue weighted by molar-refractivity contribution is 0.481. The minimum atomic E-state index is -0.185. The lowest BCUT2D eigenvalue weighted by Crippen LogP contribution is -2.38. The molecule has 82 valence electrons. The molecule has 2 heterocycles. The minimum Gasteiger partial charge on any atom is -0.369 e. The van der Waals surface area contributed by atoms with Crippen molar-refractivity contribution in [1.29, 1.82) is 0 Å². The number of nitrogen functional groups attached to an aromatic ring is 1. The summed E-state index contributed by atoms with van der Waals surface area (Å²) < 4.78 is 0. The molecule has 1 fully saturated rings. The Morgan fingerprint density at radius 3 is 3.07 bits per heavy atom. The van der Waals surface area contributed by atoms with Gasteiger partial charge in [-0.05, 0) is 26.2 Å². The topological polar surface area (TPSA) is 75.0 Å². The van der Waals surface area contributed by atoms with Crippen molar-refractivity contribution < 1.29 is 0 Å². The van der Waals surface area contributed by atoms with Crippen molar-refractivity contribution in [2.24, 2.45) is 0 Å². The average molecular weight is 208 g/mol. The molecule has 0 amide bonds. The summed E-state index contributed by atoms with van der Waals surface area (Å²) in [6.07, 6.45) is 3.55. The van der Waals surface area contributed by atoms with Crippen LogP contribution in [0.1, 0.15) is 26.2 Å². The van der Waals surface area contributed by atoms with Gasteiger partial charge in [-0.15, -0.1) is 0 Å². The Bertz CT molecular complexity index is 401. The van der Waals surface area contributed by atoms with Crippen LogP contribution in [0.5, 0.6) is 0 Å². The molecule has 5 heteroatoms. The van der Waals surface area contributed by atoms with Crippen molar-refractivity contribution in [3.8, 4) is 0 Å². The van der Waals surface area contributed by atoms with Crippen molar-refractivity contribution in [3.05, 3.63) is 16.4 Å². The number of H-pyrrole nitrogens is 1. The first-order chi connectivity index (χ1) is 7.16. The summed E-state index contributed by atoms with van der Waals surface area (Å²) in [4.78, 5) is 20.0. The highest BCUT2D eigenvalue weighted by molar-refractivity contribution is 5.42. The number of nitrogens with zero attached hydrogens (tertiary/aromatic N) is 2. The van der Waals surface area contributed by atoms with Gasteiger partial charge in [0, 0.05) is 18.7 Å². The summed E-state index contributed by atoms with van der Waals surface area (Å²) in [6, 6.07) is 1.95. The molecule has 0 aliphatic carbocycles. The summed E-state index contributed by atoms with van der Waals surface area (Å²) in [6.45, 7) is 3.11. The summed E-state index contributed by atoms with van der Waals surface area (Å²) in [5.74, 6) is 0.888. The fourth-order valence-electron chi connectivity index (χ4n) is 2.05. The van der Waals surface area contributed by atoms with E-state index >= 15 is 0 Å². The molecule has 1 atom stereocenters. The monoisotopic (exact) mass is 208 g/mol. The Morgan fingerprint density at radius 1 is 1.60 bits per heavy atom. The molecule has 1 aromatic heterocycles. The predicted octanol–water partition coefficient (Wildman–Crippen LogP) is 0.731. The molecule has 3 N–H and O–H groups in total. The zero-order chi connectivity index (χ0) is 10.8. The summed E-state index contributed by atoms with van der Waals surface area (Å²) in [5, 5.41) is 0. The summed E-state index contributed by atoms with van der Waals surface area (Å²) >= 11 is 0. The van der Waals surface area contributed by atoms with Gasteiger partial charge in [-0.25, -0.2) is 0 Å². The fourth-order valence-corrected chi connectivity index (χ4v) is 2.05. The predicted molar refractivity (Wildman–Crippen MR) is 59.9 cm³/mol. The van der Waals surface area contributed by atoms with E-state index in [1.807, 2.05) is 0 Å². The van der Waals surface area contributed by atoms with Crippen molar-refractivity contribution in [2.45, 2.75) is 32.2 Å². The average Bonchev–Trinajstić information content (AvgIpc) is 2.16. The van der Waals surface area contributed by atoms with Crippen molar-refractivity contribution in [3.63, 3.8) is 0 Å². The van der Waals surface area contributed by atoms with E-state index in [2.05, 4.69) is 21.8 Å². The molecule has 0 unspecified atom stereocenters. The van der Waals surface area contributed by atoms with Crippen LogP contribution in [0.4, 0.5) is 11.8 Å². The van der Waals surface area contributed by atoms with Crippen LogP contribution in [0.3, 0.4) is 0 Å². The summed E-state index contributed by atoms with van der Waals surface area (Å²) in [7, 11) is 0. The maximum atomic E-state index is 11.3. The van der Waals surface area contributed by atoms with E-state index in [0.29, 0.717) is 11.9 Å². The standard InChI is InChI=1S/C10H16N4O/c1-7-4-2-3-5-14(7)8-6-9(15)13-10(11)12-8/h6-7H,2-5H2,1H3,(H3,11,12,13,15)/t7-/m1/s1. The first-order valence-corrected chi connectivity index (χ1v) is 5.30. The summed E-state index contributed by atoms with van der Waals surface area (Å²) in [5.41, 5.74) is 5.33. The first kappa shape index (κ1) is 10.0. The highest BCUT2D eigenvalue weighted by Gasteiger charge is 2.19. The van der Waals surface area contributed by atoms with E-state index < -0.39 is 0 Å². The zero-order valence-corrected chi connectivity index (χ0v) is 8.86. The Kier molecular flexibility index (Phi) is 2.62. The first-order valence-electron chi connectivity index (χ1n) is 5.30. The smallest absolute Gasteiger partial charge is 0.254 e. The molecular formula is C10H16N4O. The number of rotatable bonds is 1. The lowest BCUT2D eigenvalue weighted by Gasteiger charge is -2.34. The Labute approximate surface area is 88.3 Å². The number of nitrogens with two attached hydrogens (primary N) is 1. The van der Waals surface area contributed by atoms with Crippen LogP contribution in [0.15, 0.2) is 10.9 Å². The van der Waals surface area contributed by atoms with Crippen molar-refractivity contribution >= 4 is 11.8 Å². The van der Waals surface area contributed by atoms with E-state index in [9.17, 15) is 4.79 Å². The molecule has 1 aliphatic heterocycles. The second kappa shape index (κ2) is 3.92. The number of hydrogen-bond donors (Lipinski definition) is 2. The van der Waals surface area contributed by atoms with Crippen LogP contribution in [-0.4, -0.2) is 22.6 Å². The van der Waals surface area contributed by atoms with Gasteiger partial charge in [-0.1, -0.05) is 0 Å². The lowest BCUT2D eigenvalue weighted by atomic mass is 10.0. The van der Waals surface area contributed by atoms with E-state index in [4.69, 9.17) is 5.73 Å². The molecular weight excluding hydrogens is 192 g/mol. The van der Waals surface area contributed by atoms with Gasteiger partial charge in [0.15, 0.2) is 0 Å². The maximum Gasteiger partial charge on any atom is 0.254 e. The number of nitrogens with one attached hydrogen (secondary N) is 1. The number of hydrogen-bond acceptors (Lipinski definition) is 4. The van der Waals surface area contributed by atoms with Crippen LogP contribution < -0.4 is 16.2 Å². The van der Waals surface area contributed by atoms with Crippen molar-refractivity contribution in [2.75, 3.05) is 17.2 Å². The van der Waals surface area contributed by atoms with Crippen LogP contribution in [0.25, 0.3) is 0 Å². The van der Waals surface area contributed by atoms with Gasteiger partial charge < -0.3 is 10.6 Å². The number of aromatic nitrogens is 2. The molecule has 1 saturated heterocycles. The molecule has 0 spiro atoms. The molecule has 15 heavy (non-hydrogen) atoms. The SMILES string of the molecule is C[C@@H]1CCCCN1c1cc(=O)[nH]c(N)n1. The zero-order valence-electron chi connectivity index (χ0n) is 8.86. The molecule has 5 nitrogen and oxygen atoms in total. The Hall–Kier alpha value is -1.52. The number of piperidine rings is 1. The van der Waals surface area contributed by atoms with Gasteiger partial charge in [-0.2, -0.15) is 4.98 Å². The molecule has 1 aliphatic rings. The quantitative estimate of drug-likeness (QED) is 0.713. The molecule has 0 radical (unpaired) electrons. The molecule has 0 saturated carbocycles. The minimum absolute atomic E-state index is 0.185. The second-order valence-electron chi connectivity index (χ2n) is 4.03.